The van der Waals surface area contributed by atoms with Gasteiger partial charge >= 0.3 is 0 Å². The van der Waals surface area contributed by atoms with E-state index in [1.807, 2.05) is 12.1 Å². The molecule has 0 aromatic heterocycles. The average Bonchev–Trinajstić information content (AvgIpc) is 3.02. The normalized spacial score (nSPS) is 30.8. The van der Waals surface area contributed by atoms with Crippen molar-refractivity contribution in [3.05, 3.63) is 29.8 Å². The van der Waals surface area contributed by atoms with Crippen molar-refractivity contribution < 1.29 is 10.2 Å². The minimum atomic E-state index is -0.289. The summed E-state index contributed by atoms with van der Waals surface area (Å²) < 4.78 is 0. The van der Waals surface area contributed by atoms with Crippen LogP contribution in [-0.2, 0) is 0 Å². The Balaban J connectivity index is 1.90. The molecular formula is C13H17NO2. The van der Waals surface area contributed by atoms with Crippen LogP contribution in [-0.4, -0.2) is 33.8 Å². The van der Waals surface area contributed by atoms with Crippen molar-refractivity contribution in [2.75, 3.05) is 6.54 Å². The number of hydrogen-bond donors (Lipinski definition) is 2. The van der Waals surface area contributed by atoms with Crippen molar-refractivity contribution in [2.24, 2.45) is 0 Å². The molecule has 0 bridgehead atoms. The lowest BCUT2D eigenvalue weighted by atomic mass is 10.0. The zero-order valence-corrected chi connectivity index (χ0v) is 9.21. The number of aromatic hydroxyl groups is 1. The predicted octanol–water partition coefficient (Wildman–Crippen LogP) is 1.66. The second-order valence-electron chi connectivity index (χ2n) is 4.86. The first kappa shape index (κ1) is 10.1. The number of rotatable bonds is 2. The summed E-state index contributed by atoms with van der Waals surface area (Å²) in [4.78, 5) is 2.39. The van der Waals surface area contributed by atoms with Gasteiger partial charge in [0, 0.05) is 12.6 Å². The Morgan fingerprint density at radius 1 is 1.19 bits per heavy atom. The molecule has 2 fully saturated rings. The molecule has 0 spiro atoms. The van der Waals surface area contributed by atoms with Gasteiger partial charge < -0.3 is 10.2 Å². The lowest BCUT2D eigenvalue weighted by Crippen LogP contribution is -2.29. The van der Waals surface area contributed by atoms with Gasteiger partial charge in [0.15, 0.2) is 0 Å². The van der Waals surface area contributed by atoms with Gasteiger partial charge in [0.25, 0.3) is 0 Å². The van der Waals surface area contributed by atoms with Crippen molar-refractivity contribution in [1.29, 1.82) is 0 Å². The number of nitrogens with zero attached hydrogens (tertiary/aromatic N) is 1. The van der Waals surface area contributed by atoms with Crippen LogP contribution in [0.15, 0.2) is 24.3 Å². The molecule has 1 aliphatic heterocycles. The quantitative estimate of drug-likeness (QED) is 0.795. The summed E-state index contributed by atoms with van der Waals surface area (Å²) >= 11 is 0. The summed E-state index contributed by atoms with van der Waals surface area (Å²) in [5.41, 5.74) is 1.04. The zero-order chi connectivity index (χ0) is 11.1. The van der Waals surface area contributed by atoms with Crippen LogP contribution >= 0.6 is 0 Å². The Bertz CT molecular complexity index is 389. The van der Waals surface area contributed by atoms with Crippen LogP contribution in [0.1, 0.15) is 30.9 Å². The number of phenols is 1. The fourth-order valence-corrected chi connectivity index (χ4v) is 2.74. The fraction of sp³-hybridized carbons (Fsp3) is 0.538. The maximum atomic E-state index is 10.1. The van der Waals surface area contributed by atoms with Crippen molar-refractivity contribution in [3.8, 4) is 5.75 Å². The van der Waals surface area contributed by atoms with E-state index in [1.54, 1.807) is 12.1 Å². The molecule has 1 aromatic carbocycles. The highest BCUT2D eigenvalue weighted by atomic mass is 16.3. The Labute approximate surface area is 95.3 Å². The molecule has 3 heteroatoms. The van der Waals surface area contributed by atoms with Crippen LogP contribution in [0.4, 0.5) is 0 Å². The first-order valence-corrected chi connectivity index (χ1v) is 5.98. The van der Waals surface area contributed by atoms with Crippen LogP contribution in [0.2, 0.25) is 0 Å². The van der Waals surface area contributed by atoms with Crippen molar-refractivity contribution >= 4 is 0 Å². The van der Waals surface area contributed by atoms with Crippen molar-refractivity contribution in [3.63, 3.8) is 0 Å². The summed E-state index contributed by atoms with van der Waals surface area (Å²) in [5, 5.41) is 19.6. The van der Waals surface area contributed by atoms with E-state index in [0.29, 0.717) is 6.04 Å². The maximum absolute atomic E-state index is 10.1. The predicted molar refractivity (Wildman–Crippen MR) is 61.2 cm³/mol. The minimum absolute atomic E-state index is 0.0830. The molecule has 1 saturated carbocycles. The summed E-state index contributed by atoms with van der Waals surface area (Å²) in [6.07, 6.45) is 3.06. The Hall–Kier alpha value is -1.06. The highest BCUT2D eigenvalue weighted by molar-refractivity contribution is 5.31. The van der Waals surface area contributed by atoms with Gasteiger partial charge in [0.05, 0.1) is 12.1 Å². The molecule has 3 nitrogen and oxygen atoms in total. The SMILES string of the molecule is Oc1cccc(C2C(O)CCN2C2CC2)c1. The monoisotopic (exact) mass is 219 g/mol. The molecule has 2 unspecified atom stereocenters. The molecule has 0 radical (unpaired) electrons. The van der Waals surface area contributed by atoms with Gasteiger partial charge in [-0.2, -0.15) is 0 Å². The zero-order valence-electron chi connectivity index (χ0n) is 9.21. The third-order valence-corrected chi connectivity index (χ3v) is 3.63. The van der Waals surface area contributed by atoms with Crippen LogP contribution in [0.5, 0.6) is 5.75 Å². The number of aliphatic hydroxyl groups is 1. The Morgan fingerprint density at radius 3 is 2.69 bits per heavy atom. The van der Waals surface area contributed by atoms with Crippen LogP contribution < -0.4 is 0 Å². The number of benzene rings is 1. The third-order valence-electron chi connectivity index (χ3n) is 3.63. The van der Waals surface area contributed by atoms with Gasteiger partial charge in [0.2, 0.25) is 0 Å². The topological polar surface area (TPSA) is 43.7 Å². The highest BCUT2D eigenvalue weighted by Gasteiger charge is 2.41. The number of hydrogen-bond acceptors (Lipinski definition) is 3. The van der Waals surface area contributed by atoms with Gasteiger partial charge in [-0.25, -0.2) is 0 Å². The van der Waals surface area contributed by atoms with Crippen LogP contribution in [0, 0.1) is 0 Å². The smallest absolute Gasteiger partial charge is 0.115 e. The molecule has 1 heterocycles. The van der Waals surface area contributed by atoms with Gasteiger partial charge in [-0.05, 0) is 37.0 Å². The second-order valence-corrected chi connectivity index (χ2v) is 4.86. The van der Waals surface area contributed by atoms with E-state index in [9.17, 15) is 10.2 Å². The van der Waals surface area contributed by atoms with Crippen molar-refractivity contribution in [2.45, 2.75) is 37.5 Å². The number of likely N-dealkylation sites (tertiary alicyclic amines) is 1. The van der Waals surface area contributed by atoms with Gasteiger partial charge in [-0.3, -0.25) is 4.90 Å². The Morgan fingerprint density at radius 2 is 2.00 bits per heavy atom. The number of phenolic OH excluding ortho intramolecular Hbond substituents is 1. The lowest BCUT2D eigenvalue weighted by Gasteiger charge is -2.26. The largest absolute Gasteiger partial charge is 0.508 e. The summed E-state index contributed by atoms with van der Waals surface area (Å²) in [7, 11) is 0. The molecule has 2 atom stereocenters. The highest BCUT2D eigenvalue weighted by Crippen LogP contribution is 2.41. The lowest BCUT2D eigenvalue weighted by molar-refractivity contribution is 0.112. The van der Waals surface area contributed by atoms with E-state index >= 15 is 0 Å². The summed E-state index contributed by atoms with van der Waals surface area (Å²) in [6, 6.07) is 8.03. The summed E-state index contributed by atoms with van der Waals surface area (Å²) in [6.45, 7) is 0.978. The molecule has 3 rings (SSSR count). The van der Waals surface area contributed by atoms with E-state index in [-0.39, 0.29) is 17.9 Å². The molecule has 1 saturated heterocycles. The van der Waals surface area contributed by atoms with Gasteiger partial charge in [0.1, 0.15) is 5.75 Å². The minimum Gasteiger partial charge on any atom is -0.508 e. The van der Waals surface area contributed by atoms with Gasteiger partial charge in [-0.1, -0.05) is 12.1 Å². The first-order valence-electron chi connectivity index (χ1n) is 5.98. The van der Waals surface area contributed by atoms with E-state index < -0.39 is 0 Å². The maximum Gasteiger partial charge on any atom is 0.115 e. The molecule has 2 N–H and O–H groups in total. The second kappa shape index (κ2) is 3.75. The van der Waals surface area contributed by atoms with E-state index in [4.69, 9.17) is 0 Å². The molecule has 0 amide bonds. The van der Waals surface area contributed by atoms with Crippen LogP contribution in [0.3, 0.4) is 0 Å². The first-order chi connectivity index (χ1) is 7.75. The summed E-state index contributed by atoms with van der Waals surface area (Å²) in [5.74, 6) is 0.285. The van der Waals surface area contributed by atoms with Crippen LogP contribution in [0.25, 0.3) is 0 Å². The molecule has 1 aromatic rings. The van der Waals surface area contributed by atoms with Gasteiger partial charge in [-0.15, -0.1) is 0 Å². The molecule has 86 valence electrons. The average molecular weight is 219 g/mol. The Kier molecular flexibility index (Phi) is 2.37. The molecule has 1 aliphatic carbocycles. The molecule has 2 aliphatic rings. The number of aliphatic hydroxyl groups excluding tert-OH is 1. The van der Waals surface area contributed by atoms with E-state index in [0.717, 1.165) is 18.5 Å². The third kappa shape index (κ3) is 1.70. The molecule has 16 heavy (non-hydrogen) atoms. The fourth-order valence-electron chi connectivity index (χ4n) is 2.74. The molecular weight excluding hydrogens is 202 g/mol. The van der Waals surface area contributed by atoms with Crippen molar-refractivity contribution in [1.82, 2.24) is 4.90 Å². The van der Waals surface area contributed by atoms with E-state index in [1.165, 1.54) is 12.8 Å². The van der Waals surface area contributed by atoms with E-state index in [2.05, 4.69) is 4.90 Å². The standard InChI is InChI=1S/C13H17NO2/c15-11-3-1-2-9(8-11)13-12(16)6-7-14(13)10-4-5-10/h1-3,8,10,12-13,15-16H,4-7H2.